The zero-order chi connectivity index (χ0) is 16.9. The van der Waals surface area contributed by atoms with Crippen molar-refractivity contribution >= 4 is 8.32 Å². The largest absolute Gasteiger partial charge is 0.406 e. The van der Waals surface area contributed by atoms with Gasteiger partial charge in [-0.15, -0.1) is 0 Å². The fraction of sp³-hybridized carbons (Fsp3) is 1.00. The average Bonchev–Trinajstić information content (AvgIpc) is 2.66. The third-order valence-electron chi connectivity index (χ3n) is 5.09. The van der Waals surface area contributed by atoms with Crippen LogP contribution < -0.4 is 0 Å². The molecule has 2 heterocycles. The molecule has 0 aromatic heterocycles. The Morgan fingerprint density at radius 3 is 2.18 bits per heavy atom. The van der Waals surface area contributed by atoms with Crippen LogP contribution in [0.1, 0.15) is 48.0 Å². The number of ether oxygens (including phenoxy) is 3. The topological polar surface area (TPSA) is 57.2 Å². The van der Waals surface area contributed by atoms with Gasteiger partial charge >= 0.3 is 0 Å². The van der Waals surface area contributed by atoms with Crippen molar-refractivity contribution in [2.75, 3.05) is 0 Å². The molecule has 130 valence electrons. The van der Waals surface area contributed by atoms with E-state index in [0.717, 1.165) is 6.42 Å². The maximum absolute atomic E-state index is 10.5. The summed E-state index contributed by atoms with van der Waals surface area (Å²) in [7, 11) is -2.05. The molecule has 0 amide bonds. The maximum atomic E-state index is 10.5. The summed E-state index contributed by atoms with van der Waals surface area (Å²) < 4.78 is 24.2. The van der Waals surface area contributed by atoms with E-state index in [1.165, 1.54) is 0 Å². The fourth-order valence-corrected chi connectivity index (χ4v) is 4.11. The van der Waals surface area contributed by atoms with Crippen LogP contribution in [0.3, 0.4) is 0 Å². The van der Waals surface area contributed by atoms with Gasteiger partial charge in [0.2, 0.25) is 0 Å². The van der Waals surface area contributed by atoms with Crippen LogP contribution in [0.4, 0.5) is 0 Å². The summed E-state index contributed by atoms with van der Waals surface area (Å²) >= 11 is 0. The normalized spacial score (nSPS) is 38.9. The molecule has 22 heavy (non-hydrogen) atoms. The molecule has 1 N–H and O–H groups in total. The van der Waals surface area contributed by atoms with Gasteiger partial charge in [0, 0.05) is 0 Å². The molecule has 0 spiro atoms. The molecule has 0 bridgehead atoms. The molecule has 5 nitrogen and oxygen atoms in total. The third kappa shape index (κ3) is 3.42. The van der Waals surface area contributed by atoms with Crippen LogP contribution in [-0.4, -0.2) is 49.9 Å². The van der Waals surface area contributed by atoms with Crippen LogP contribution in [-0.2, 0) is 18.6 Å². The van der Waals surface area contributed by atoms with E-state index < -0.39 is 26.5 Å². The van der Waals surface area contributed by atoms with E-state index in [1.54, 1.807) is 0 Å². The molecule has 6 heteroatoms. The van der Waals surface area contributed by atoms with Crippen molar-refractivity contribution in [3.8, 4) is 0 Å². The molecule has 0 radical (unpaired) electrons. The predicted molar refractivity (Wildman–Crippen MR) is 87.1 cm³/mol. The van der Waals surface area contributed by atoms with E-state index in [4.69, 9.17) is 18.6 Å². The highest BCUT2D eigenvalue weighted by Gasteiger charge is 2.56. The second kappa shape index (κ2) is 5.83. The lowest BCUT2D eigenvalue weighted by molar-refractivity contribution is -0.255. The molecule has 2 aliphatic heterocycles. The highest BCUT2D eigenvalue weighted by Crippen LogP contribution is 2.43. The first-order valence-corrected chi connectivity index (χ1v) is 11.2. The van der Waals surface area contributed by atoms with Crippen molar-refractivity contribution in [1.29, 1.82) is 0 Å². The van der Waals surface area contributed by atoms with Crippen LogP contribution >= 0.6 is 0 Å². The zero-order valence-corrected chi connectivity index (χ0v) is 16.2. The predicted octanol–water partition coefficient (Wildman–Crippen LogP) is 3.02. The molecular formula is C16H32O5Si. The van der Waals surface area contributed by atoms with E-state index in [1.807, 2.05) is 20.8 Å². The van der Waals surface area contributed by atoms with Gasteiger partial charge in [-0.25, -0.2) is 0 Å². The first kappa shape index (κ1) is 18.4. The Morgan fingerprint density at radius 1 is 1.14 bits per heavy atom. The van der Waals surface area contributed by atoms with Crippen LogP contribution in [0, 0.1) is 0 Å². The minimum atomic E-state index is -2.05. The molecule has 2 fully saturated rings. The van der Waals surface area contributed by atoms with E-state index in [9.17, 15) is 5.11 Å². The van der Waals surface area contributed by atoms with E-state index in [2.05, 4.69) is 33.9 Å². The minimum Gasteiger partial charge on any atom is -0.406 e. The van der Waals surface area contributed by atoms with Gasteiger partial charge in [0.1, 0.15) is 18.3 Å². The van der Waals surface area contributed by atoms with Crippen LogP contribution in [0.25, 0.3) is 0 Å². The summed E-state index contributed by atoms with van der Waals surface area (Å²) in [4.78, 5) is 0. The monoisotopic (exact) mass is 332 g/mol. The van der Waals surface area contributed by atoms with Gasteiger partial charge in [-0.05, 0) is 38.4 Å². The Morgan fingerprint density at radius 2 is 1.68 bits per heavy atom. The summed E-state index contributed by atoms with van der Waals surface area (Å²) in [5.74, 6) is -0.675. The molecule has 0 unspecified atom stereocenters. The van der Waals surface area contributed by atoms with Crippen molar-refractivity contribution < 1.29 is 23.7 Å². The average molecular weight is 333 g/mol. The molecule has 2 saturated heterocycles. The van der Waals surface area contributed by atoms with Crippen molar-refractivity contribution in [1.82, 2.24) is 0 Å². The van der Waals surface area contributed by atoms with Crippen LogP contribution in [0.5, 0.6) is 0 Å². The van der Waals surface area contributed by atoms with Crippen LogP contribution in [0.2, 0.25) is 18.1 Å². The first-order valence-electron chi connectivity index (χ1n) is 8.25. The van der Waals surface area contributed by atoms with Crippen molar-refractivity contribution in [2.24, 2.45) is 0 Å². The van der Waals surface area contributed by atoms with Crippen LogP contribution in [0.15, 0.2) is 0 Å². The number of hydrogen-bond acceptors (Lipinski definition) is 5. The van der Waals surface area contributed by atoms with Crippen molar-refractivity contribution in [3.63, 3.8) is 0 Å². The second-order valence-corrected chi connectivity index (χ2v) is 13.1. The maximum Gasteiger partial charge on any atom is 0.192 e. The summed E-state index contributed by atoms with van der Waals surface area (Å²) in [5.41, 5.74) is 0. The molecule has 0 aromatic rings. The lowest BCUT2D eigenvalue weighted by atomic mass is 9.97. The number of hydrogen-bond donors (Lipinski definition) is 1. The fourth-order valence-electron chi connectivity index (χ4n) is 2.83. The zero-order valence-electron chi connectivity index (χ0n) is 15.2. The lowest BCUT2D eigenvalue weighted by Crippen LogP contribution is -2.60. The Hall–Kier alpha value is 0.0169. The minimum absolute atomic E-state index is 0.0544. The number of rotatable bonds is 3. The van der Waals surface area contributed by atoms with Gasteiger partial charge in [-0.2, -0.15) is 0 Å². The van der Waals surface area contributed by atoms with Crippen molar-refractivity contribution in [3.05, 3.63) is 0 Å². The van der Waals surface area contributed by atoms with E-state index in [-0.39, 0.29) is 23.4 Å². The van der Waals surface area contributed by atoms with Gasteiger partial charge in [-0.3, -0.25) is 0 Å². The quantitative estimate of drug-likeness (QED) is 0.805. The molecule has 0 saturated carbocycles. The Labute approximate surface area is 135 Å². The SMILES string of the molecule is CC[C@H]1O[C@H](O)[C@@H](O[Si](C)(C)C(C)(C)C)[C@@H]2OC(C)(C)O[C@@H]21. The summed E-state index contributed by atoms with van der Waals surface area (Å²) in [6, 6.07) is 0. The van der Waals surface area contributed by atoms with E-state index >= 15 is 0 Å². The Balaban J connectivity index is 2.24. The Kier molecular flexibility index (Phi) is 4.86. The summed E-state index contributed by atoms with van der Waals surface area (Å²) in [5, 5.41) is 10.5. The summed E-state index contributed by atoms with van der Waals surface area (Å²) in [6.45, 7) is 16.7. The number of aliphatic hydroxyl groups is 1. The van der Waals surface area contributed by atoms with Crippen molar-refractivity contribution in [2.45, 2.75) is 103 Å². The highest BCUT2D eigenvalue weighted by atomic mass is 28.4. The van der Waals surface area contributed by atoms with Gasteiger partial charge in [0.15, 0.2) is 20.4 Å². The Bertz CT molecular complexity index is 404. The second-order valence-electron chi connectivity index (χ2n) is 8.38. The first-order chi connectivity index (χ1) is 9.88. The molecule has 2 aliphatic rings. The van der Waals surface area contributed by atoms with Gasteiger partial charge < -0.3 is 23.7 Å². The molecule has 2 rings (SSSR count). The lowest BCUT2D eigenvalue weighted by Gasteiger charge is -2.46. The van der Waals surface area contributed by atoms with Gasteiger partial charge in [0.25, 0.3) is 0 Å². The molecular weight excluding hydrogens is 300 g/mol. The molecule has 0 aliphatic carbocycles. The number of fused-ring (bicyclic) bond motifs is 1. The smallest absolute Gasteiger partial charge is 0.192 e. The standard InChI is InChI=1S/C16H32O5Si/c1-9-10-11-12(20-16(5,6)19-11)13(14(17)18-10)21-22(7,8)15(2,3)4/h10-14,17H,9H2,1-8H3/t10-,11-,12-,13+,14+/m1/s1. The third-order valence-corrected chi connectivity index (χ3v) is 9.56. The van der Waals surface area contributed by atoms with Gasteiger partial charge in [-0.1, -0.05) is 27.7 Å². The number of aliphatic hydroxyl groups excluding tert-OH is 1. The van der Waals surface area contributed by atoms with Gasteiger partial charge in [0.05, 0.1) is 6.10 Å². The van der Waals surface area contributed by atoms with E-state index in [0.29, 0.717) is 0 Å². The molecule has 5 atom stereocenters. The molecule has 0 aromatic carbocycles. The highest BCUT2D eigenvalue weighted by molar-refractivity contribution is 6.74. The summed E-state index contributed by atoms with van der Waals surface area (Å²) in [6.07, 6.45) is -1.37.